The molecule has 0 saturated heterocycles. The molecule has 0 N–H and O–H groups in total. The van der Waals surface area contributed by atoms with Gasteiger partial charge in [0.25, 0.3) is 0 Å². The number of rotatable bonds is 19. The molecule has 0 spiro atoms. The number of hydrogen-bond acceptors (Lipinski definition) is 1. The topological polar surface area (TPSA) is 9.23 Å². The first-order valence-electron chi connectivity index (χ1n) is 10.5. The third-order valence-corrected chi connectivity index (χ3v) is 4.52. The van der Waals surface area contributed by atoms with Crippen molar-refractivity contribution in [2.24, 2.45) is 5.92 Å². The van der Waals surface area contributed by atoms with E-state index in [4.69, 9.17) is 4.74 Å². The molecule has 0 aliphatic rings. The van der Waals surface area contributed by atoms with Gasteiger partial charge in [-0.25, -0.2) is 0 Å². The molecule has 138 valence electrons. The summed E-state index contributed by atoms with van der Waals surface area (Å²) in [7, 11) is 0. The summed E-state index contributed by atoms with van der Waals surface area (Å²) in [6, 6.07) is 0. The second kappa shape index (κ2) is 19.7. The van der Waals surface area contributed by atoms with Gasteiger partial charge < -0.3 is 4.74 Å². The highest BCUT2D eigenvalue weighted by Gasteiger charge is 1.96. The van der Waals surface area contributed by atoms with Crippen LogP contribution in [0, 0.1) is 5.92 Å². The molecule has 0 unspecified atom stereocenters. The van der Waals surface area contributed by atoms with E-state index in [-0.39, 0.29) is 0 Å². The minimum absolute atomic E-state index is 0.816. The molecule has 0 heterocycles. The second-order valence-corrected chi connectivity index (χ2v) is 7.47. The normalized spacial score (nSPS) is 11.3. The molecule has 1 nitrogen and oxygen atoms in total. The molecule has 0 radical (unpaired) electrons. The van der Waals surface area contributed by atoms with Crippen LogP contribution in [0.5, 0.6) is 0 Å². The SMILES string of the molecule is C=CCCCCCCCCCCCCCCOCCCC(C)C. The van der Waals surface area contributed by atoms with Crippen LogP contribution in [0.4, 0.5) is 0 Å². The summed E-state index contributed by atoms with van der Waals surface area (Å²) < 4.78 is 5.69. The smallest absolute Gasteiger partial charge is 0.0466 e. The number of ether oxygens (including phenoxy) is 1. The van der Waals surface area contributed by atoms with Crippen LogP contribution in [-0.4, -0.2) is 13.2 Å². The fraction of sp³-hybridized carbons (Fsp3) is 0.909. The highest BCUT2D eigenvalue weighted by atomic mass is 16.5. The molecule has 0 rings (SSSR count). The molecule has 0 aromatic heterocycles. The lowest BCUT2D eigenvalue weighted by Crippen LogP contribution is -1.99. The summed E-state index contributed by atoms with van der Waals surface area (Å²) in [6.07, 6.45) is 22.6. The Morgan fingerprint density at radius 1 is 0.652 bits per heavy atom. The summed E-state index contributed by atoms with van der Waals surface area (Å²) in [6.45, 7) is 10.3. The molecule has 0 aliphatic carbocycles. The van der Waals surface area contributed by atoms with E-state index in [0.717, 1.165) is 19.1 Å². The van der Waals surface area contributed by atoms with Crippen LogP contribution in [0.25, 0.3) is 0 Å². The zero-order chi connectivity index (χ0) is 17.0. The van der Waals surface area contributed by atoms with Crippen molar-refractivity contribution in [1.29, 1.82) is 0 Å². The highest BCUT2D eigenvalue weighted by Crippen LogP contribution is 2.12. The van der Waals surface area contributed by atoms with Gasteiger partial charge in [-0.2, -0.15) is 0 Å². The van der Waals surface area contributed by atoms with Gasteiger partial charge in [-0.05, 0) is 38.0 Å². The Hall–Kier alpha value is -0.300. The Labute approximate surface area is 147 Å². The van der Waals surface area contributed by atoms with Crippen LogP contribution in [0.2, 0.25) is 0 Å². The van der Waals surface area contributed by atoms with Gasteiger partial charge in [-0.1, -0.05) is 84.1 Å². The summed E-state index contributed by atoms with van der Waals surface area (Å²) in [4.78, 5) is 0. The van der Waals surface area contributed by atoms with E-state index in [2.05, 4.69) is 20.4 Å². The van der Waals surface area contributed by atoms with Crippen LogP contribution < -0.4 is 0 Å². The monoisotopic (exact) mass is 324 g/mol. The maximum Gasteiger partial charge on any atom is 0.0466 e. The molecule has 0 amide bonds. The van der Waals surface area contributed by atoms with Crippen molar-refractivity contribution in [1.82, 2.24) is 0 Å². The standard InChI is InChI=1S/C22H44O/c1-4-5-6-7-8-9-10-11-12-13-14-15-16-17-20-23-21-18-19-22(2)3/h4,22H,1,5-21H2,2-3H3. The second-order valence-electron chi connectivity index (χ2n) is 7.47. The third-order valence-electron chi connectivity index (χ3n) is 4.52. The van der Waals surface area contributed by atoms with Crippen molar-refractivity contribution >= 4 is 0 Å². The van der Waals surface area contributed by atoms with Crippen molar-refractivity contribution in [3.8, 4) is 0 Å². The van der Waals surface area contributed by atoms with Gasteiger partial charge in [0, 0.05) is 13.2 Å². The Bertz CT molecular complexity index is 222. The largest absolute Gasteiger partial charge is 0.381 e. The summed E-state index contributed by atoms with van der Waals surface area (Å²) in [5, 5.41) is 0. The third kappa shape index (κ3) is 21.7. The molecule has 0 bridgehead atoms. The van der Waals surface area contributed by atoms with Gasteiger partial charge >= 0.3 is 0 Å². The summed E-state index contributed by atoms with van der Waals surface area (Å²) in [5.74, 6) is 0.816. The molecule has 1 heteroatoms. The zero-order valence-electron chi connectivity index (χ0n) is 16.3. The predicted molar refractivity (Wildman–Crippen MR) is 105 cm³/mol. The van der Waals surface area contributed by atoms with Gasteiger partial charge in [0.1, 0.15) is 0 Å². The van der Waals surface area contributed by atoms with Gasteiger partial charge in [0.05, 0.1) is 0 Å². The highest BCUT2D eigenvalue weighted by molar-refractivity contribution is 4.65. The molecule has 0 aromatic rings. The minimum Gasteiger partial charge on any atom is -0.381 e. The lowest BCUT2D eigenvalue weighted by molar-refractivity contribution is 0.124. The maximum atomic E-state index is 5.69. The molecule has 0 aromatic carbocycles. The lowest BCUT2D eigenvalue weighted by Gasteiger charge is -2.06. The number of hydrogen-bond donors (Lipinski definition) is 0. The fourth-order valence-corrected chi connectivity index (χ4v) is 2.96. The first kappa shape index (κ1) is 22.7. The minimum atomic E-state index is 0.816. The first-order chi connectivity index (χ1) is 11.3. The molecule has 0 fully saturated rings. The summed E-state index contributed by atoms with van der Waals surface area (Å²) in [5.41, 5.74) is 0. The van der Waals surface area contributed by atoms with Crippen molar-refractivity contribution in [2.75, 3.05) is 13.2 Å². The number of unbranched alkanes of at least 4 members (excludes halogenated alkanes) is 12. The van der Waals surface area contributed by atoms with Gasteiger partial charge in [0.2, 0.25) is 0 Å². The average Bonchev–Trinajstić information content (AvgIpc) is 2.53. The van der Waals surface area contributed by atoms with Crippen LogP contribution in [0.3, 0.4) is 0 Å². The van der Waals surface area contributed by atoms with E-state index >= 15 is 0 Å². The van der Waals surface area contributed by atoms with Crippen LogP contribution >= 0.6 is 0 Å². The Kier molecular flexibility index (Phi) is 19.5. The Morgan fingerprint density at radius 2 is 1.09 bits per heavy atom. The number of allylic oxidation sites excluding steroid dienone is 1. The first-order valence-corrected chi connectivity index (χ1v) is 10.5. The van der Waals surface area contributed by atoms with E-state index in [1.807, 2.05) is 6.08 Å². The van der Waals surface area contributed by atoms with Crippen LogP contribution in [-0.2, 0) is 4.74 Å². The molecule has 0 aliphatic heterocycles. The molecular weight excluding hydrogens is 280 g/mol. The Balaban J connectivity index is 2.96. The van der Waals surface area contributed by atoms with Crippen molar-refractivity contribution in [3.63, 3.8) is 0 Å². The van der Waals surface area contributed by atoms with Crippen LogP contribution in [0.15, 0.2) is 12.7 Å². The fourth-order valence-electron chi connectivity index (χ4n) is 2.96. The predicted octanol–water partition coefficient (Wildman–Crippen LogP) is 7.70. The van der Waals surface area contributed by atoms with Crippen LogP contribution in [0.1, 0.15) is 110 Å². The van der Waals surface area contributed by atoms with Gasteiger partial charge in [0.15, 0.2) is 0 Å². The van der Waals surface area contributed by atoms with E-state index in [0.29, 0.717) is 0 Å². The van der Waals surface area contributed by atoms with E-state index in [1.165, 1.54) is 96.3 Å². The van der Waals surface area contributed by atoms with Crippen molar-refractivity contribution < 1.29 is 4.74 Å². The molecule has 0 saturated carbocycles. The van der Waals surface area contributed by atoms with E-state index < -0.39 is 0 Å². The Morgan fingerprint density at radius 3 is 1.57 bits per heavy atom. The quantitative estimate of drug-likeness (QED) is 0.175. The zero-order valence-corrected chi connectivity index (χ0v) is 16.3. The van der Waals surface area contributed by atoms with E-state index in [1.54, 1.807) is 0 Å². The van der Waals surface area contributed by atoms with Crippen molar-refractivity contribution in [3.05, 3.63) is 12.7 Å². The average molecular weight is 325 g/mol. The molecule has 23 heavy (non-hydrogen) atoms. The lowest BCUT2D eigenvalue weighted by atomic mass is 10.0. The molecular formula is C22H44O. The molecule has 0 atom stereocenters. The van der Waals surface area contributed by atoms with E-state index in [9.17, 15) is 0 Å². The van der Waals surface area contributed by atoms with Gasteiger partial charge in [-0.3, -0.25) is 0 Å². The van der Waals surface area contributed by atoms with Gasteiger partial charge in [-0.15, -0.1) is 6.58 Å². The van der Waals surface area contributed by atoms with Crippen molar-refractivity contribution in [2.45, 2.75) is 110 Å². The maximum absolute atomic E-state index is 5.69. The summed E-state index contributed by atoms with van der Waals surface area (Å²) >= 11 is 0.